The van der Waals surface area contributed by atoms with Crippen molar-refractivity contribution in [1.82, 2.24) is 10.5 Å². The molecule has 0 fully saturated rings. The van der Waals surface area contributed by atoms with E-state index in [1.165, 1.54) is 0 Å². The van der Waals surface area contributed by atoms with Crippen LogP contribution < -0.4 is 5.32 Å². The first-order chi connectivity index (χ1) is 9.83. The molecule has 1 amide bonds. The second-order valence-corrected chi connectivity index (χ2v) is 5.04. The number of carbonyl (C=O) groups excluding carboxylic acids is 1. The number of nitrogens with one attached hydrogen (secondary N) is 1. The third-order valence-corrected chi connectivity index (χ3v) is 3.57. The third kappa shape index (κ3) is 2.78. The number of rotatable bonds is 4. The Balaban J connectivity index is 1.69. The Morgan fingerprint density at radius 1 is 1.25 bits per heavy atom. The number of nitrogens with zero attached hydrogens (tertiary/aromatic N) is 1. The molecule has 5 heteroatoms. The average Bonchev–Trinajstić information content (AvgIpc) is 3.17. The lowest BCUT2D eigenvalue weighted by molar-refractivity contribution is 0.0942. The van der Waals surface area contributed by atoms with Crippen molar-refractivity contribution in [2.45, 2.75) is 6.54 Å². The molecule has 2 heterocycles. The van der Waals surface area contributed by atoms with Gasteiger partial charge in [-0.15, -0.1) is 0 Å². The molecule has 0 saturated carbocycles. The smallest absolute Gasteiger partial charge is 0.273 e. The molecule has 0 atom stereocenters. The maximum atomic E-state index is 12.0. The van der Waals surface area contributed by atoms with E-state index in [0.717, 1.165) is 11.1 Å². The maximum absolute atomic E-state index is 12.0. The van der Waals surface area contributed by atoms with Gasteiger partial charge in [0.15, 0.2) is 11.5 Å². The molecule has 1 N–H and O–H groups in total. The zero-order valence-electron chi connectivity index (χ0n) is 10.6. The highest BCUT2D eigenvalue weighted by molar-refractivity contribution is 7.07. The zero-order valence-corrected chi connectivity index (χ0v) is 11.4. The first-order valence-electron chi connectivity index (χ1n) is 6.14. The van der Waals surface area contributed by atoms with E-state index in [-0.39, 0.29) is 5.91 Å². The number of hydrogen-bond acceptors (Lipinski definition) is 4. The minimum atomic E-state index is -0.234. The molecule has 1 aromatic carbocycles. The van der Waals surface area contributed by atoms with Crippen molar-refractivity contribution in [2.75, 3.05) is 0 Å². The molecule has 3 aromatic rings. The Hall–Kier alpha value is -2.40. The van der Waals surface area contributed by atoms with Gasteiger partial charge < -0.3 is 9.84 Å². The van der Waals surface area contributed by atoms with Crippen LogP contribution in [-0.2, 0) is 6.54 Å². The summed E-state index contributed by atoms with van der Waals surface area (Å²) in [7, 11) is 0. The third-order valence-electron chi connectivity index (χ3n) is 2.83. The summed E-state index contributed by atoms with van der Waals surface area (Å²) >= 11 is 1.60. The lowest BCUT2D eigenvalue weighted by Crippen LogP contribution is -2.22. The van der Waals surface area contributed by atoms with Crippen molar-refractivity contribution < 1.29 is 9.32 Å². The van der Waals surface area contributed by atoms with Crippen molar-refractivity contribution >= 4 is 17.2 Å². The maximum Gasteiger partial charge on any atom is 0.273 e. The molecular formula is C15H12N2O2S. The van der Waals surface area contributed by atoms with E-state index >= 15 is 0 Å². The van der Waals surface area contributed by atoms with Crippen LogP contribution in [-0.4, -0.2) is 11.1 Å². The number of thiophene rings is 1. The fourth-order valence-electron chi connectivity index (χ4n) is 1.79. The van der Waals surface area contributed by atoms with Crippen LogP contribution >= 0.6 is 11.3 Å². The highest BCUT2D eigenvalue weighted by atomic mass is 32.1. The first kappa shape index (κ1) is 12.6. The highest BCUT2D eigenvalue weighted by Gasteiger charge is 2.13. The normalized spacial score (nSPS) is 10.4. The van der Waals surface area contributed by atoms with Crippen molar-refractivity contribution in [3.63, 3.8) is 0 Å². The summed E-state index contributed by atoms with van der Waals surface area (Å²) in [6.07, 6.45) is 0. The predicted octanol–water partition coefficient (Wildman–Crippen LogP) is 3.33. The van der Waals surface area contributed by atoms with Gasteiger partial charge in [0, 0.05) is 18.2 Å². The molecule has 0 aliphatic rings. The van der Waals surface area contributed by atoms with Gasteiger partial charge in [0.1, 0.15) is 0 Å². The second kappa shape index (κ2) is 5.71. The number of amides is 1. The summed E-state index contributed by atoms with van der Waals surface area (Å²) in [4.78, 5) is 12.0. The minimum Gasteiger partial charge on any atom is -0.355 e. The van der Waals surface area contributed by atoms with E-state index in [1.807, 2.05) is 47.2 Å². The van der Waals surface area contributed by atoms with Gasteiger partial charge in [-0.2, -0.15) is 11.3 Å². The molecule has 2 aromatic heterocycles. The van der Waals surface area contributed by atoms with Crippen LogP contribution in [0.15, 0.2) is 57.7 Å². The quantitative estimate of drug-likeness (QED) is 0.799. The molecule has 0 spiro atoms. The molecule has 0 bridgehead atoms. The molecule has 4 nitrogen and oxygen atoms in total. The fraction of sp³-hybridized carbons (Fsp3) is 0.0667. The van der Waals surface area contributed by atoms with Gasteiger partial charge >= 0.3 is 0 Å². The van der Waals surface area contributed by atoms with Gasteiger partial charge in [0.25, 0.3) is 5.91 Å². The van der Waals surface area contributed by atoms with Gasteiger partial charge in [-0.25, -0.2) is 0 Å². The summed E-state index contributed by atoms with van der Waals surface area (Å²) in [6.45, 7) is 0.496. The number of benzene rings is 1. The molecule has 0 saturated heterocycles. The van der Waals surface area contributed by atoms with E-state index in [1.54, 1.807) is 17.4 Å². The van der Waals surface area contributed by atoms with Crippen LogP contribution in [0.2, 0.25) is 0 Å². The summed E-state index contributed by atoms with van der Waals surface area (Å²) in [5.41, 5.74) is 2.27. The van der Waals surface area contributed by atoms with Gasteiger partial charge in [0.05, 0.1) is 0 Å². The van der Waals surface area contributed by atoms with Crippen LogP contribution in [0.25, 0.3) is 11.3 Å². The van der Waals surface area contributed by atoms with Crippen LogP contribution in [0.4, 0.5) is 0 Å². The Kier molecular flexibility index (Phi) is 3.60. The van der Waals surface area contributed by atoms with E-state index in [0.29, 0.717) is 18.0 Å². The first-order valence-corrected chi connectivity index (χ1v) is 7.08. The Morgan fingerprint density at radius 2 is 2.10 bits per heavy atom. The summed E-state index contributed by atoms with van der Waals surface area (Å²) in [5, 5.41) is 10.6. The molecule has 0 aliphatic carbocycles. The van der Waals surface area contributed by atoms with E-state index in [9.17, 15) is 4.79 Å². The average molecular weight is 284 g/mol. The standard InChI is InChI=1S/C15H12N2O2S/c18-15(16-9-11-6-7-20-10-11)13-8-14(19-17-13)12-4-2-1-3-5-12/h1-8,10H,9H2,(H,16,18). The Labute approximate surface area is 120 Å². The molecule has 100 valence electrons. The molecule has 0 radical (unpaired) electrons. The van der Waals surface area contributed by atoms with Crippen LogP contribution in [0, 0.1) is 0 Å². The van der Waals surface area contributed by atoms with Gasteiger partial charge in [-0.3, -0.25) is 4.79 Å². The second-order valence-electron chi connectivity index (χ2n) is 4.26. The van der Waals surface area contributed by atoms with E-state index < -0.39 is 0 Å². The lowest BCUT2D eigenvalue weighted by atomic mass is 10.1. The van der Waals surface area contributed by atoms with E-state index in [2.05, 4.69) is 10.5 Å². The molecule has 0 unspecified atom stereocenters. The zero-order chi connectivity index (χ0) is 13.8. The van der Waals surface area contributed by atoms with Crippen LogP contribution in [0.5, 0.6) is 0 Å². The molecular weight excluding hydrogens is 272 g/mol. The monoisotopic (exact) mass is 284 g/mol. The topological polar surface area (TPSA) is 55.1 Å². The van der Waals surface area contributed by atoms with Crippen molar-refractivity contribution in [2.24, 2.45) is 0 Å². The largest absolute Gasteiger partial charge is 0.355 e. The molecule has 20 heavy (non-hydrogen) atoms. The number of hydrogen-bond donors (Lipinski definition) is 1. The SMILES string of the molecule is O=C(NCc1ccsc1)c1cc(-c2ccccc2)on1. The predicted molar refractivity (Wildman–Crippen MR) is 77.4 cm³/mol. The molecule has 0 aliphatic heterocycles. The van der Waals surface area contributed by atoms with Gasteiger partial charge in [-0.1, -0.05) is 35.5 Å². The van der Waals surface area contributed by atoms with Gasteiger partial charge in [-0.05, 0) is 22.4 Å². The Bertz CT molecular complexity index is 690. The summed E-state index contributed by atoms with van der Waals surface area (Å²) in [5.74, 6) is 0.355. The highest BCUT2D eigenvalue weighted by Crippen LogP contribution is 2.19. The van der Waals surface area contributed by atoms with Gasteiger partial charge in [0.2, 0.25) is 0 Å². The summed E-state index contributed by atoms with van der Waals surface area (Å²) < 4.78 is 5.20. The Morgan fingerprint density at radius 3 is 2.85 bits per heavy atom. The number of aromatic nitrogens is 1. The van der Waals surface area contributed by atoms with E-state index in [4.69, 9.17) is 4.52 Å². The van der Waals surface area contributed by atoms with Crippen LogP contribution in [0.3, 0.4) is 0 Å². The van der Waals surface area contributed by atoms with Crippen LogP contribution in [0.1, 0.15) is 16.1 Å². The van der Waals surface area contributed by atoms with Crippen molar-refractivity contribution in [3.05, 3.63) is 64.5 Å². The lowest BCUT2D eigenvalue weighted by Gasteiger charge is -1.99. The summed E-state index contributed by atoms with van der Waals surface area (Å²) in [6, 6.07) is 13.2. The van der Waals surface area contributed by atoms with Crippen molar-refractivity contribution in [3.8, 4) is 11.3 Å². The number of carbonyl (C=O) groups is 1. The minimum absolute atomic E-state index is 0.234. The van der Waals surface area contributed by atoms with Crippen molar-refractivity contribution in [1.29, 1.82) is 0 Å². The molecule has 3 rings (SSSR count). The fourth-order valence-corrected chi connectivity index (χ4v) is 2.46.